The molecule has 0 bridgehead atoms. The number of quaternary nitrogens is 1. The Balaban J connectivity index is -0.000000180. The summed E-state index contributed by atoms with van der Waals surface area (Å²) in [6.07, 6.45) is 0. The first-order chi connectivity index (χ1) is 3.12. The van der Waals surface area contributed by atoms with Gasteiger partial charge in [-0.2, -0.15) is 0 Å². The van der Waals surface area contributed by atoms with E-state index in [9.17, 15) is 0 Å². The predicted molar refractivity (Wildman–Crippen MR) is 46.3 cm³/mol. The molecule has 0 saturated heterocycles. The smallest absolute Gasteiger partial charge is 0.0753 e. The molecule has 0 aliphatic rings. The van der Waals surface area contributed by atoms with Crippen LogP contribution in [0.25, 0.3) is 0 Å². The van der Waals surface area contributed by atoms with Gasteiger partial charge in [-0.15, -0.1) is 0 Å². The summed E-state index contributed by atoms with van der Waals surface area (Å²) < 4.78 is 1.14. The van der Waals surface area contributed by atoms with Crippen molar-refractivity contribution in [1.82, 2.24) is 0 Å². The molecule has 0 atom stereocenters. The molecule has 0 rings (SSSR count). The monoisotopic (exact) mass is 133 g/mol. The molecule has 60 valence electrons. The van der Waals surface area contributed by atoms with Gasteiger partial charge in [0, 0.05) is 0 Å². The molecule has 9 heavy (non-hydrogen) atoms. The zero-order valence-electron chi connectivity index (χ0n) is 6.86. The van der Waals surface area contributed by atoms with Crippen LogP contribution < -0.4 is 0 Å². The second-order valence-electron chi connectivity index (χ2n) is 2.57. The van der Waals surface area contributed by atoms with Crippen LogP contribution in [0.4, 0.5) is 0 Å². The summed E-state index contributed by atoms with van der Waals surface area (Å²) in [6, 6.07) is 0. The molecule has 0 aromatic carbocycles. The fourth-order valence-electron chi connectivity index (χ4n) is 0.224. The van der Waals surface area contributed by atoms with Gasteiger partial charge in [-0.05, 0) is 13.8 Å². The van der Waals surface area contributed by atoms with Gasteiger partial charge in [0.25, 0.3) is 0 Å². The molecule has 0 fully saturated rings. The van der Waals surface area contributed by atoms with E-state index in [1.165, 1.54) is 13.1 Å². The van der Waals surface area contributed by atoms with E-state index in [-0.39, 0.29) is 14.9 Å². The highest BCUT2D eigenvalue weighted by molar-refractivity contribution is 4.17. The summed E-state index contributed by atoms with van der Waals surface area (Å²) >= 11 is 0. The molecule has 0 aromatic rings. The van der Waals surface area contributed by atoms with Crippen LogP contribution in [0.5, 0.6) is 0 Å². The maximum atomic E-state index is 2.24. The summed E-state index contributed by atoms with van der Waals surface area (Å²) in [7, 11) is 4.47. The Morgan fingerprint density at radius 1 is 1.00 bits per heavy atom. The summed E-state index contributed by atoms with van der Waals surface area (Å²) in [6.45, 7) is 6.89. The van der Waals surface area contributed by atoms with Gasteiger partial charge >= 0.3 is 0 Å². The van der Waals surface area contributed by atoms with Crippen LogP contribution in [0, 0.1) is 7.43 Å². The molecule has 0 radical (unpaired) electrons. The maximum Gasteiger partial charge on any atom is 0.0753 e. The minimum Gasteiger partial charge on any atom is -0.358 e. The molecule has 0 N–H and O–H groups in total. The first-order valence-electron chi connectivity index (χ1n) is 2.94. The molecule has 0 saturated carbocycles. The zero-order valence-corrected chi connectivity index (χ0v) is 6.86. The van der Waals surface area contributed by atoms with Crippen LogP contribution in [0.1, 0.15) is 21.3 Å². The minimum absolute atomic E-state index is 0. The second-order valence-corrected chi connectivity index (χ2v) is 2.57. The number of hydrogen-bond donors (Lipinski definition) is 0. The molecule has 1 heteroatoms. The third-order valence-corrected chi connectivity index (χ3v) is 1.71. The first-order valence-corrected chi connectivity index (χ1v) is 2.94. The standard InChI is InChI=1S/C6H16N.CH4.CH3/c1-5-7(3,4)6-2;;/h5-6H2,1-4H3;1H4;1H3/q+1;;-1. The topological polar surface area (TPSA) is 0 Å². The molecule has 0 amide bonds. The molecule has 1 nitrogen and oxygen atoms in total. The largest absolute Gasteiger partial charge is 0.358 e. The molecule has 0 heterocycles. The Morgan fingerprint density at radius 2 is 1.22 bits per heavy atom. The van der Waals surface area contributed by atoms with E-state index < -0.39 is 0 Å². The van der Waals surface area contributed by atoms with Crippen LogP contribution >= 0.6 is 0 Å². The second kappa shape index (κ2) is 6.09. The summed E-state index contributed by atoms with van der Waals surface area (Å²) in [5.74, 6) is 0. The summed E-state index contributed by atoms with van der Waals surface area (Å²) in [4.78, 5) is 0. The minimum atomic E-state index is 0. The Hall–Kier alpha value is -0.0400. The fraction of sp³-hybridized carbons (Fsp3) is 0.875. The number of nitrogens with zero attached hydrogens (tertiary/aromatic N) is 1. The quantitative estimate of drug-likeness (QED) is 0.400. The maximum absolute atomic E-state index is 2.24. The van der Waals surface area contributed by atoms with Gasteiger partial charge in [0.1, 0.15) is 0 Å². The van der Waals surface area contributed by atoms with Crippen LogP contribution in [0.2, 0.25) is 0 Å². The Bertz CT molecular complexity index is 42.5. The van der Waals surface area contributed by atoms with Crippen molar-refractivity contribution >= 4 is 0 Å². The van der Waals surface area contributed by atoms with Crippen molar-refractivity contribution in [2.75, 3.05) is 27.2 Å². The van der Waals surface area contributed by atoms with Crippen LogP contribution in [-0.2, 0) is 0 Å². The molecular formula is C8H23N. The fourth-order valence-corrected chi connectivity index (χ4v) is 0.224. The molecule has 0 aliphatic heterocycles. The van der Waals surface area contributed by atoms with Gasteiger partial charge in [-0.3, -0.25) is 0 Å². The molecule has 0 aliphatic carbocycles. The van der Waals surface area contributed by atoms with E-state index in [1.54, 1.807) is 0 Å². The molecule has 0 aromatic heterocycles. The third kappa shape index (κ3) is 7.96. The van der Waals surface area contributed by atoms with Crippen molar-refractivity contribution in [2.45, 2.75) is 21.3 Å². The highest BCUT2D eigenvalue weighted by atomic mass is 15.3. The number of hydrogen-bond acceptors (Lipinski definition) is 0. The van der Waals surface area contributed by atoms with E-state index in [0.29, 0.717) is 0 Å². The van der Waals surface area contributed by atoms with E-state index >= 15 is 0 Å². The lowest BCUT2D eigenvalue weighted by atomic mass is 10.5. The zero-order chi connectivity index (χ0) is 5.91. The first kappa shape index (κ1) is 16.0. The van der Waals surface area contributed by atoms with E-state index in [0.717, 1.165) is 4.48 Å². The van der Waals surface area contributed by atoms with Crippen molar-refractivity contribution in [1.29, 1.82) is 0 Å². The predicted octanol–water partition coefficient (Wildman–Crippen LogP) is 2.19. The summed E-state index contributed by atoms with van der Waals surface area (Å²) in [5, 5.41) is 0. The molecule has 0 unspecified atom stereocenters. The number of rotatable bonds is 2. The lowest BCUT2D eigenvalue weighted by Gasteiger charge is -2.25. The average Bonchev–Trinajstić information content (AvgIpc) is 1.68. The Kier molecular flexibility index (Phi) is 10.8. The lowest BCUT2D eigenvalue weighted by Crippen LogP contribution is -2.38. The van der Waals surface area contributed by atoms with Crippen molar-refractivity contribution < 1.29 is 4.48 Å². The normalized spacial score (nSPS) is 9.33. The van der Waals surface area contributed by atoms with Crippen LogP contribution in [0.3, 0.4) is 0 Å². The van der Waals surface area contributed by atoms with Gasteiger partial charge in [0.15, 0.2) is 0 Å². The van der Waals surface area contributed by atoms with Gasteiger partial charge < -0.3 is 11.9 Å². The Morgan fingerprint density at radius 3 is 1.22 bits per heavy atom. The van der Waals surface area contributed by atoms with E-state index in [4.69, 9.17) is 0 Å². The third-order valence-electron chi connectivity index (χ3n) is 1.71. The van der Waals surface area contributed by atoms with Gasteiger partial charge in [-0.25, -0.2) is 0 Å². The van der Waals surface area contributed by atoms with Gasteiger partial charge in [-0.1, -0.05) is 7.43 Å². The van der Waals surface area contributed by atoms with Crippen molar-refractivity contribution in [3.8, 4) is 0 Å². The molecule has 0 spiro atoms. The van der Waals surface area contributed by atoms with Crippen molar-refractivity contribution in [2.24, 2.45) is 0 Å². The highest BCUT2D eigenvalue weighted by Gasteiger charge is 2.04. The van der Waals surface area contributed by atoms with Crippen molar-refractivity contribution in [3.05, 3.63) is 7.43 Å². The molecular weight excluding hydrogens is 110 g/mol. The summed E-state index contributed by atoms with van der Waals surface area (Å²) in [5.41, 5.74) is 0. The highest BCUT2D eigenvalue weighted by Crippen LogP contribution is 1.91. The van der Waals surface area contributed by atoms with Gasteiger partial charge in [0.05, 0.1) is 27.2 Å². The SMILES string of the molecule is C.CC[N+](C)(C)CC.[CH3-]. The van der Waals surface area contributed by atoms with Crippen LogP contribution in [0.15, 0.2) is 0 Å². The van der Waals surface area contributed by atoms with Crippen molar-refractivity contribution in [3.63, 3.8) is 0 Å². The average molecular weight is 133 g/mol. The lowest BCUT2D eigenvalue weighted by molar-refractivity contribution is -0.886. The van der Waals surface area contributed by atoms with E-state index in [1.807, 2.05) is 0 Å². The van der Waals surface area contributed by atoms with Crippen LogP contribution in [-0.4, -0.2) is 31.7 Å². The van der Waals surface area contributed by atoms with E-state index in [2.05, 4.69) is 27.9 Å². The Labute approximate surface area is 61.3 Å². The van der Waals surface area contributed by atoms with Gasteiger partial charge in [0.2, 0.25) is 0 Å².